The first-order chi connectivity index (χ1) is 8.74. The van der Waals surface area contributed by atoms with Crippen molar-refractivity contribution in [3.05, 3.63) is 46.5 Å². The highest BCUT2D eigenvalue weighted by molar-refractivity contribution is 9.10. The second-order valence-corrected chi connectivity index (χ2v) is 4.74. The number of ether oxygens (including phenoxy) is 1. The molecular formula is C13H15BrN2O2. The molecule has 0 unspecified atom stereocenters. The second kappa shape index (κ2) is 6.02. The minimum absolute atomic E-state index is 0.0447. The van der Waals surface area contributed by atoms with E-state index in [-0.39, 0.29) is 6.61 Å². The van der Waals surface area contributed by atoms with E-state index in [0.29, 0.717) is 12.4 Å². The SMILES string of the molecule is CCn1ccnc1COc1ccc(Br)cc1CO. The zero-order valence-corrected chi connectivity index (χ0v) is 11.7. The Kier molecular flexibility index (Phi) is 4.38. The van der Waals surface area contributed by atoms with Crippen molar-refractivity contribution in [1.82, 2.24) is 9.55 Å². The Balaban J connectivity index is 2.10. The van der Waals surface area contributed by atoms with Gasteiger partial charge in [-0.05, 0) is 25.1 Å². The van der Waals surface area contributed by atoms with Gasteiger partial charge in [0.1, 0.15) is 18.2 Å². The van der Waals surface area contributed by atoms with Crippen LogP contribution in [0, 0.1) is 0 Å². The number of halogens is 1. The van der Waals surface area contributed by atoms with Gasteiger partial charge < -0.3 is 14.4 Å². The topological polar surface area (TPSA) is 47.3 Å². The Morgan fingerprint density at radius 3 is 3.00 bits per heavy atom. The average Bonchev–Trinajstić information content (AvgIpc) is 2.84. The minimum atomic E-state index is -0.0447. The third kappa shape index (κ3) is 2.91. The lowest BCUT2D eigenvalue weighted by Gasteiger charge is -2.11. The maximum Gasteiger partial charge on any atom is 0.146 e. The quantitative estimate of drug-likeness (QED) is 0.923. The van der Waals surface area contributed by atoms with Gasteiger partial charge in [0.15, 0.2) is 0 Å². The Morgan fingerprint density at radius 1 is 1.44 bits per heavy atom. The lowest BCUT2D eigenvalue weighted by Crippen LogP contribution is -2.06. The van der Waals surface area contributed by atoms with Crippen molar-refractivity contribution in [2.24, 2.45) is 0 Å². The summed E-state index contributed by atoms with van der Waals surface area (Å²) in [6, 6.07) is 5.58. The number of hydrogen-bond donors (Lipinski definition) is 1. The Labute approximate surface area is 114 Å². The van der Waals surface area contributed by atoms with Gasteiger partial charge in [0.2, 0.25) is 0 Å². The maximum atomic E-state index is 9.28. The average molecular weight is 311 g/mol. The van der Waals surface area contributed by atoms with Crippen LogP contribution in [0.1, 0.15) is 18.3 Å². The predicted molar refractivity (Wildman–Crippen MR) is 72.3 cm³/mol. The van der Waals surface area contributed by atoms with Gasteiger partial charge in [0.25, 0.3) is 0 Å². The van der Waals surface area contributed by atoms with Gasteiger partial charge in [0.05, 0.1) is 6.61 Å². The molecule has 1 N–H and O–H groups in total. The van der Waals surface area contributed by atoms with E-state index in [9.17, 15) is 5.11 Å². The first kappa shape index (κ1) is 13.1. The number of aliphatic hydroxyl groups is 1. The molecule has 5 heteroatoms. The molecule has 0 aliphatic rings. The summed E-state index contributed by atoms with van der Waals surface area (Å²) in [5, 5.41) is 9.28. The predicted octanol–water partition coefficient (Wildman–Crippen LogP) is 2.74. The minimum Gasteiger partial charge on any atom is -0.485 e. The van der Waals surface area contributed by atoms with Crippen molar-refractivity contribution in [3.63, 3.8) is 0 Å². The Hall–Kier alpha value is -1.33. The number of aryl methyl sites for hydroxylation is 1. The summed E-state index contributed by atoms with van der Waals surface area (Å²) in [6.07, 6.45) is 3.68. The van der Waals surface area contributed by atoms with Crippen LogP contribution in [-0.2, 0) is 19.8 Å². The first-order valence-electron chi connectivity index (χ1n) is 5.76. The zero-order chi connectivity index (χ0) is 13.0. The molecule has 96 valence electrons. The number of benzene rings is 1. The van der Waals surface area contributed by atoms with E-state index in [1.807, 2.05) is 29.0 Å². The molecule has 0 aliphatic heterocycles. The highest BCUT2D eigenvalue weighted by Crippen LogP contribution is 2.23. The summed E-state index contributed by atoms with van der Waals surface area (Å²) in [6.45, 7) is 3.28. The van der Waals surface area contributed by atoms with Crippen LogP contribution in [-0.4, -0.2) is 14.7 Å². The molecule has 0 bridgehead atoms. The molecule has 2 rings (SSSR count). The second-order valence-electron chi connectivity index (χ2n) is 3.83. The van der Waals surface area contributed by atoms with Crippen LogP contribution in [0.25, 0.3) is 0 Å². The fourth-order valence-corrected chi connectivity index (χ4v) is 2.13. The molecule has 0 aliphatic carbocycles. The normalized spacial score (nSPS) is 10.6. The van der Waals surface area contributed by atoms with Crippen LogP contribution in [0.5, 0.6) is 5.75 Å². The van der Waals surface area contributed by atoms with Crippen LogP contribution in [0.2, 0.25) is 0 Å². The molecule has 0 saturated carbocycles. The van der Waals surface area contributed by atoms with E-state index >= 15 is 0 Å². The van der Waals surface area contributed by atoms with E-state index in [0.717, 1.165) is 22.4 Å². The molecule has 0 spiro atoms. The lowest BCUT2D eigenvalue weighted by molar-refractivity contribution is 0.253. The van der Waals surface area contributed by atoms with E-state index in [2.05, 4.69) is 27.8 Å². The van der Waals surface area contributed by atoms with Gasteiger partial charge in [-0.15, -0.1) is 0 Å². The van der Waals surface area contributed by atoms with Gasteiger partial charge >= 0.3 is 0 Å². The summed E-state index contributed by atoms with van der Waals surface area (Å²) >= 11 is 3.37. The fraction of sp³-hybridized carbons (Fsp3) is 0.308. The molecule has 1 aromatic heterocycles. The summed E-state index contributed by atoms with van der Waals surface area (Å²) in [7, 11) is 0. The molecule has 4 nitrogen and oxygen atoms in total. The van der Waals surface area contributed by atoms with E-state index < -0.39 is 0 Å². The number of rotatable bonds is 5. The summed E-state index contributed by atoms with van der Waals surface area (Å²) in [5.74, 6) is 1.57. The van der Waals surface area contributed by atoms with Gasteiger partial charge in [0, 0.05) is 29.0 Å². The number of aliphatic hydroxyl groups excluding tert-OH is 1. The maximum absolute atomic E-state index is 9.28. The molecule has 0 amide bonds. The molecule has 0 radical (unpaired) electrons. The number of imidazole rings is 1. The summed E-state index contributed by atoms with van der Waals surface area (Å²) in [4.78, 5) is 4.24. The zero-order valence-electron chi connectivity index (χ0n) is 10.1. The summed E-state index contributed by atoms with van der Waals surface area (Å²) in [5.41, 5.74) is 0.763. The molecule has 0 saturated heterocycles. The van der Waals surface area contributed by atoms with Gasteiger partial charge in [-0.25, -0.2) is 4.98 Å². The van der Waals surface area contributed by atoms with Gasteiger partial charge in [-0.2, -0.15) is 0 Å². The first-order valence-corrected chi connectivity index (χ1v) is 6.56. The van der Waals surface area contributed by atoms with Crippen molar-refractivity contribution in [2.75, 3.05) is 0 Å². The number of nitrogens with zero attached hydrogens (tertiary/aromatic N) is 2. The smallest absolute Gasteiger partial charge is 0.146 e. The van der Waals surface area contributed by atoms with Crippen molar-refractivity contribution in [1.29, 1.82) is 0 Å². The Morgan fingerprint density at radius 2 is 2.28 bits per heavy atom. The van der Waals surface area contributed by atoms with E-state index in [4.69, 9.17) is 4.74 Å². The van der Waals surface area contributed by atoms with Crippen LogP contribution in [0.4, 0.5) is 0 Å². The van der Waals surface area contributed by atoms with Crippen LogP contribution in [0.15, 0.2) is 35.1 Å². The van der Waals surface area contributed by atoms with Crippen LogP contribution < -0.4 is 4.74 Å². The van der Waals surface area contributed by atoms with Crippen LogP contribution >= 0.6 is 15.9 Å². The van der Waals surface area contributed by atoms with E-state index in [1.165, 1.54) is 0 Å². The number of aromatic nitrogens is 2. The van der Waals surface area contributed by atoms with Gasteiger partial charge in [-0.1, -0.05) is 15.9 Å². The molecule has 0 fully saturated rings. The lowest BCUT2D eigenvalue weighted by atomic mass is 10.2. The number of hydrogen-bond acceptors (Lipinski definition) is 3. The monoisotopic (exact) mass is 310 g/mol. The van der Waals surface area contributed by atoms with Crippen molar-refractivity contribution < 1.29 is 9.84 Å². The molecule has 18 heavy (non-hydrogen) atoms. The molecule has 1 heterocycles. The highest BCUT2D eigenvalue weighted by Gasteiger charge is 2.06. The fourth-order valence-electron chi connectivity index (χ4n) is 1.72. The Bertz CT molecular complexity index is 525. The molecular weight excluding hydrogens is 296 g/mol. The van der Waals surface area contributed by atoms with Gasteiger partial charge in [-0.3, -0.25) is 0 Å². The molecule has 1 aromatic carbocycles. The third-order valence-corrected chi connectivity index (χ3v) is 3.19. The van der Waals surface area contributed by atoms with Crippen LogP contribution in [0.3, 0.4) is 0 Å². The van der Waals surface area contributed by atoms with Crippen molar-refractivity contribution in [3.8, 4) is 5.75 Å². The van der Waals surface area contributed by atoms with E-state index in [1.54, 1.807) is 6.20 Å². The molecule has 0 atom stereocenters. The third-order valence-electron chi connectivity index (χ3n) is 2.69. The van der Waals surface area contributed by atoms with Crippen molar-refractivity contribution in [2.45, 2.75) is 26.7 Å². The molecule has 2 aromatic rings. The highest BCUT2D eigenvalue weighted by atomic mass is 79.9. The summed E-state index contributed by atoms with van der Waals surface area (Å²) < 4.78 is 8.66. The van der Waals surface area contributed by atoms with Crippen molar-refractivity contribution >= 4 is 15.9 Å². The standard InChI is InChI=1S/C13H15BrN2O2/c1-2-16-6-5-15-13(16)9-18-12-4-3-11(14)7-10(12)8-17/h3-7,17H,2,8-9H2,1H3. The largest absolute Gasteiger partial charge is 0.485 e.